The standard InChI is InChI=1S/C25H34ClN5OS/c1-17-12-18(2)15-31(14-17)22-13-19(3)28-23(29-22)30-24(33)27-16-25(8-10-32-11-9-25)20-4-6-21(26)7-5-20/h4-7,13,17-18H,8-12,14-16H2,1-3H3,(H2,27,28,29,30,33)/t17-,18-/m1/s1. The second-order valence-electron chi connectivity index (χ2n) is 9.75. The molecule has 0 bridgehead atoms. The van der Waals surface area contributed by atoms with E-state index >= 15 is 0 Å². The number of aryl methyl sites for hydroxylation is 1. The first kappa shape index (κ1) is 24.2. The van der Waals surface area contributed by atoms with Crippen LogP contribution < -0.4 is 15.5 Å². The zero-order valence-electron chi connectivity index (χ0n) is 19.7. The number of aromatic nitrogens is 2. The van der Waals surface area contributed by atoms with E-state index in [-0.39, 0.29) is 5.41 Å². The molecule has 2 N–H and O–H groups in total. The van der Waals surface area contributed by atoms with E-state index in [4.69, 9.17) is 33.5 Å². The molecule has 2 atom stereocenters. The maximum Gasteiger partial charge on any atom is 0.231 e. The van der Waals surface area contributed by atoms with Crippen LogP contribution in [0.2, 0.25) is 5.02 Å². The molecule has 33 heavy (non-hydrogen) atoms. The molecule has 3 heterocycles. The summed E-state index contributed by atoms with van der Waals surface area (Å²) in [5.74, 6) is 2.83. The van der Waals surface area contributed by atoms with Gasteiger partial charge in [-0.1, -0.05) is 37.6 Å². The van der Waals surface area contributed by atoms with Gasteiger partial charge in [0.05, 0.1) is 0 Å². The number of hydrogen-bond acceptors (Lipinski definition) is 5. The van der Waals surface area contributed by atoms with Crippen molar-refractivity contribution in [2.75, 3.05) is 43.1 Å². The minimum Gasteiger partial charge on any atom is -0.381 e. The molecule has 8 heteroatoms. The number of benzene rings is 1. The van der Waals surface area contributed by atoms with E-state index in [0.717, 1.165) is 55.7 Å². The van der Waals surface area contributed by atoms with Crippen LogP contribution in [0.25, 0.3) is 0 Å². The second-order valence-corrected chi connectivity index (χ2v) is 10.6. The molecule has 2 saturated heterocycles. The Bertz CT molecular complexity index is 954. The van der Waals surface area contributed by atoms with Gasteiger partial charge in [-0.25, -0.2) is 4.98 Å². The monoisotopic (exact) mass is 487 g/mol. The first-order chi connectivity index (χ1) is 15.8. The largest absolute Gasteiger partial charge is 0.381 e. The highest BCUT2D eigenvalue weighted by Crippen LogP contribution is 2.35. The first-order valence-corrected chi connectivity index (χ1v) is 12.6. The molecule has 0 saturated carbocycles. The van der Waals surface area contributed by atoms with E-state index in [1.807, 2.05) is 19.1 Å². The van der Waals surface area contributed by atoms with E-state index in [0.29, 0.717) is 29.4 Å². The normalized spacial score (nSPS) is 22.6. The molecule has 4 rings (SSSR count). The van der Waals surface area contributed by atoms with Crippen LogP contribution >= 0.6 is 23.8 Å². The molecule has 0 spiro atoms. The molecule has 2 aliphatic rings. The number of nitrogens with zero attached hydrogens (tertiary/aromatic N) is 3. The molecule has 2 aromatic rings. The van der Waals surface area contributed by atoms with Crippen molar-refractivity contribution in [2.45, 2.75) is 45.4 Å². The van der Waals surface area contributed by atoms with E-state index in [1.165, 1.54) is 12.0 Å². The van der Waals surface area contributed by atoms with Crippen molar-refractivity contribution in [3.63, 3.8) is 0 Å². The molecule has 1 aromatic heterocycles. The summed E-state index contributed by atoms with van der Waals surface area (Å²) in [5.41, 5.74) is 2.14. The van der Waals surface area contributed by atoms with Gasteiger partial charge in [0.1, 0.15) is 5.82 Å². The van der Waals surface area contributed by atoms with Crippen molar-refractivity contribution >= 4 is 40.7 Å². The highest BCUT2D eigenvalue weighted by atomic mass is 35.5. The summed E-state index contributed by atoms with van der Waals surface area (Å²) < 4.78 is 5.64. The Labute approximate surface area is 207 Å². The first-order valence-electron chi connectivity index (χ1n) is 11.8. The summed E-state index contributed by atoms with van der Waals surface area (Å²) in [4.78, 5) is 11.7. The van der Waals surface area contributed by atoms with Crippen LogP contribution in [-0.2, 0) is 10.2 Å². The number of hydrogen-bond donors (Lipinski definition) is 2. The Balaban J connectivity index is 1.43. The number of halogens is 1. The minimum atomic E-state index is -0.0483. The van der Waals surface area contributed by atoms with Gasteiger partial charge >= 0.3 is 0 Å². The van der Waals surface area contributed by atoms with Crippen molar-refractivity contribution in [1.29, 1.82) is 0 Å². The fourth-order valence-electron chi connectivity index (χ4n) is 5.15. The van der Waals surface area contributed by atoms with Crippen LogP contribution in [-0.4, -0.2) is 47.9 Å². The van der Waals surface area contributed by atoms with Crippen LogP contribution in [0.15, 0.2) is 30.3 Å². The Hall–Kier alpha value is -1.96. The van der Waals surface area contributed by atoms with Crippen LogP contribution in [0.4, 0.5) is 11.8 Å². The molecule has 0 radical (unpaired) electrons. The highest BCUT2D eigenvalue weighted by molar-refractivity contribution is 7.80. The summed E-state index contributed by atoms with van der Waals surface area (Å²) >= 11 is 11.8. The highest BCUT2D eigenvalue weighted by Gasteiger charge is 2.34. The number of rotatable bonds is 5. The van der Waals surface area contributed by atoms with E-state index in [9.17, 15) is 0 Å². The lowest BCUT2D eigenvalue weighted by Crippen LogP contribution is -2.45. The third-order valence-corrected chi connectivity index (χ3v) is 7.25. The van der Waals surface area contributed by atoms with Crippen molar-refractivity contribution in [1.82, 2.24) is 15.3 Å². The quantitative estimate of drug-likeness (QED) is 0.578. The maximum atomic E-state index is 6.12. The SMILES string of the molecule is Cc1cc(N2C[C@H](C)C[C@@H](C)C2)nc(NC(=S)NCC2(c3ccc(Cl)cc3)CCOCC2)n1. The zero-order chi connectivity index (χ0) is 23.4. The summed E-state index contributed by atoms with van der Waals surface area (Å²) in [6, 6.07) is 10.2. The number of nitrogens with one attached hydrogen (secondary N) is 2. The van der Waals surface area contributed by atoms with Gasteiger partial charge in [0.25, 0.3) is 0 Å². The third kappa shape index (κ3) is 6.14. The molecule has 1 aromatic carbocycles. The van der Waals surface area contributed by atoms with Crippen LogP contribution in [0.1, 0.15) is 44.4 Å². The number of ether oxygens (including phenoxy) is 1. The van der Waals surface area contributed by atoms with E-state index < -0.39 is 0 Å². The molecule has 2 aliphatic heterocycles. The molecule has 6 nitrogen and oxygen atoms in total. The van der Waals surface area contributed by atoms with Gasteiger partial charge in [-0.2, -0.15) is 4.98 Å². The lowest BCUT2D eigenvalue weighted by Gasteiger charge is -2.38. The third-order valence-electron chi connectivity index (χ3n) is 6.75. The lowest BCUT2D eigenvalue weighted by atomic mass is 9.74. The van der Waals surface area contributed by atoms with Crippen LogP contribution in [0.3, 0.4) is 0 Å². The minimum absolute atomic E-state index is 0.0483. The fourth-order valence-corrected chi connectivity index (χ4v) is 5.44. The smallest absolute Gasteiger partial charge is 0.231 e. The number of thiocarbonyl (C=S) groups is 1. The molecular formula is C25H34ClN5OS. The summed E-state index contributed by atoms with van der Waals surface area (Å²) in [7, 11) is 0. The number of anilines is 2. The van der Waals surface area contributed by atoms with Gasteiger partial charge in [-0.05, 0) is 67.9 Å². The molecule has 0 unspecified atom stereocenters. The average molecular weight is 488 g/mol. The second kappa shape index (κ2) is 10.5. The summed E-state index contributed by atoms with van der Waals surface area (Å²) in [5, 5.41) is 7.93. The van der Waals surface area contributed by atoms with Gasteiger partial charge in [0.2, 0.25) is 5.95 Å². The molecular weight excluding hydrogens is 454 g/mol. The lowest BCUT2D eigenvalue weighted by molar-refractivity contribution is 0.0515. The van der Waals surface area contributed by atoms with Gasteiger partial charge < -0.3 is 20.3 Å². The Morgan fingerprint density at radius 1 is 1.15 bits per heavy atom. The topological polar surface area (TPSA) is 62.3 Å². The van der Waals surface area contributed by atoms with Gasteiger partial charge in [0.15, 0.2) is 5.11 Å². The molecule has 2 fully saturated rings. The van der Waals surface area contributed by atoms with E-state index in [1.54, 1.807) is 0 Å². The molecule has 0 amide bonds. The maximum absolute atomic E-state index is 6.12. The zero-order valence-corrected chi connectivity index (χ0v) is 21.3. The van der Waals surface area contributed by atoms with Crippen molar-refractivity contribution in [3.05, 3.63) is 46.6 Å². The average Bonchev–Trinajstić information content (AvgIpc) is 2.78. The van der Waals surface area contributed by atoms with Gasteiger partial charge in [-0.3, -0.25) is 0 Å². The number of piperidine rings is 1. The van der Waals surface area contributed by atoms with E-state index in [2.05, 4.69) is 52.6 Å². The van der Waals surface area contributed by atoms with Gasteiger partial charge in [0, 0.05) is 55.0 Å². The Morgan fingerprint density at radius 3 is 2.48 bits per heavy atom. The van der Waals surface area contributed by atoms with Crippen molar-refractivity contribution in [2.24, 2.45) is 11.8 Å². The van der Waals surface area contributed by atoms with Crippen molar-refractivity contribution in [3.8, 4) is 0 Å². The van der Waals surface area contributed by atoms with Crippen LogP contribution in [0, 0.1) is 18.8 Å². The van der Waals surface area contributed by atoms with Crippen LogP contribution in [0.5, 0.6) is 0 Å². The predicted molar refractivity (Wildman–Crippen MR) is 139 cm³/mol. The summed E-state index contributed by atoms with van der Waals surface area (Å²) in [6.07, 6.45) is 3.13. The summed E-state index contributed by atoms with van der Waals surface area (Å²) in [6.45, 7) is 10.8. The Kier molecular flexibility index (Phi) is 7.72. The van der Waals surface area contributed by atoms with Gasteiger partial charge in [-0.15, -0.1) is 0 Å². The predicted octanol–water partition coefficient (Wildman–Crippen LogP) is 4.96. The Morgan fingerprint density at radius 2 is 1.82 bits per heavy atom. The molecule has 178 valence electrons. The molecule has 0 aliphatic carbocycles. The van der Waals surface area contributed by atoms with Crippen molar-refractivity contribution < 1.29 is 4.74 Å². The fraction of sp³-hybridized carbons (Fsp3) is 0.560.